The Balaban J connectivity index is 2.09. The van der Waals surface area contributed by atoms with E-state index in [0.717, 1.165) is 18.2 Å². The number of fused-ring (bicyclic) bond motifs is 1. The van der Waals surface area contributed by atoms with Crippen LogP contribution < -0.4 is 14.9 Å². The maximum absolute atomic E-state index is 14.2. The molecule has 33 heavy (non-hydrogen) atoms. The number of amides is 2. The maximum atomic E-state index is 14.2. The van der Waals surface area contributed by atoms with Crippen LogP contribution in [0.25, 0.3) is 0 Å². The number of anilines is 3. The largest absolute Gasteiger partial charge is 0.324 e. The highest BCUT2D eigenvalue weighted by molar-refractivity contribution is 7.92. The summed E-state index contributed by atoms with van der Waals surface area (Å²) in [5.74, 6) is -3.06. The van der Waals surface area contributed by atoms with Crippen molar-refractivity contribution in [3.63, 3.8) is 0 Å². The van der Waals surface area contributed by atoms with Crippen LogP contribution in [0.2, 0.25) is 5.02 Å². The second-order valence-corrected chi connectivity index (χ2v) is 10.1. The van der Waals surface area contributed by atoms with E-state index < -0.39 is 33.3 Å². The summed E-state index contributed by atoms with van der Waals surface area (Å²) in [5, 5.41) is 2.41. The highest BCUT2D eigenvalue weighted by Crippen LogP contribution is 2.43. The normalized spacial score (nSPS) is 15.3. The van der Waals surface area contributed by atoms with Crippen molar-refractivity contribution in [2.45, 2.75) is 37.5 Å². The van der Waals surface area contributed by atoms with Gasteiger partial charge in [-0.05, 0) is 36.2 Å². The quantitative estimate of drug-likeness (QED) is 0.511. The van der Waals surface area contributed by atoms with Gasteiger partial charge < -0.3 is 10.2 Å². The molecule has 2 N–H and O–H groups in total. The maximum Gasteiger partial charge on any atom is 0.262 e. The number of halogens is 4. The Kier molecular flexibility index (Phi) is 7.50. The van der Waals surface area contributed by atoms with Crippen LogP contribution in [-0.4, -0.2) is 32.7 Å². The summed E-state index contributed by atoms with van der Waals surface area (Å²) in [7, 11) is -4.48. The Labute approximate surface area is 200 Å². The van der Waals surface area contributed by atoms with Crippen molar-refractivity contribution >= 4 is 62.1 Å². The third-order valence-electron chi connectivity index (χ3n) is 5.12. The molecule has 0 radical (unpaired) electrons. The van der Waals surface area contributed by atoms with E-state index in [9.17, 15) is 26.8 Å². The lowest BCUT2D eigenvalue weighted by molar-refractivity contribution is -0.117. The van der Waals surface area contributed by atoms with E-state index in [1.165, 1.54) is 17.9 Å². The highest BCUT2D eigenvalue weighted by Gasteiger charge is 2.33. The zero-order valence-corrected chi connectivity index (χ0v) is 20.0. The van der Waals surface area contributed by atoms with Crippen LogP contribution in [0.15, 0.2) is 29.2 Å². The van der Waals surface area contributed by atoms with Crippen LogP contribution in [0.3, 0.4) is 0 Å². The van der Waals surface area contributed by atoms with E-state index in [2.05, 4.69) is 5.32 Å². The predicted molar refractivity (Wildman–Crippen MR) is 124 cm³/mol. The first-order valence-corrected chi connectivity index (χ1v) is 12.3. The molecule has 2 aromatic rings. The number of sulfonamides is 1. The zero-order valence-electron chi connectivity index (χ0n) is 17.7. The molecule has 2 aromatic carbocycles. The second-order valence-electron chi connectivity index (χ2n) is 7.63. The summed E-state index contributed by atoms with van der Waals surface area (Å²) < 4.78 is 56.3. The molecule has 0 fully saturated rings. The minimum Gasteiger partial charge on any atom is -0.324 e. The van der Waals surface area contributed by atoms with Crippen LogP contribution in [0, 0.1) is 11.6 Å². The van der Waals surface area contributed by atoms with Gasteiger partial charge in [0.2, 0.25) is 11.8 Å². The van der Waals surface area contributed by atoms with Crippen LogP contribution >= 0.6 is 23.2 Å². The summed E-state index contributed by atoms with van der Waals surface area (Å²) in [5.41, 5.74) is 0.102. The van der Waals surface area contributed by atoms with Gasteiger partial charge in [-0.15, -0.1) is 11.6 Å². The van der Waals surface area contributed by atoms with Crippen LogP contribution in [0.1, 0.15) is 38.2 Å². The van der Waals surface area contributed by atoms with Gasteiger partial charge in [0.15, 0.2) is 11.6 Å². The standard InChI is InChI=1S/C21H21Cl2F2N3O4S/c1-11-10-28(12(2)29)21-15(11)8-14(9-18(21)26-19(30)4-3-5-22)33(31,32)27-20-16(24)6-13(23)7-17(20)25/h6-9,11,27H,3-5,10H2,1-2H3,(H,26,30)/t11-/m1/s1. The van der Waals surface area contributed by atoms with Gasteiger partial charge in [0, 0.05) is 36.7 Å². The molecule has 0 spiro atoms. The number of benzene rings is 2. The number of nitrogens with zero attached hydrogens (tertiary/aromatic N) is 1. The van der Waals surface area contributed by atoms with Gasteiger partial charge in [-0.2, -0.15) is 0 Å². The molecule has 7 nitrogen and oxygen atoms in total. The van der Waals surface area contributed by atoms with Crippen molar-refractivity contribution in [2.75, 3.05) is 27.4 Å². The smallest absolute Gasteiger partial charge is 0.262 e. The van der Waals surface area contributed by atoms with Gasteiger partial charge >= 0.3 is 0 Å². The van der Waals surface area contributed by atoms with Crippen molar-refractivity contribution in [3.05, 3.63) is 46.5 Å². The Bertz CT molecular complexity index is 1200. The molecule has 178 valence electrons. The van der Waals surface area contributed by atoms with Crippen molar-refractivity contribution in [1.82, 2.24) is 0 Å². The van der Waals surface area contributed by atoms with E-state index in [-0.39, 0.29) is 46.3 Å². The number of carbonyl (C=O) groups is 2. The number of rotatable bonds is 7. The molecule has 0 unspecified atom stereocenters. The SMILES string of the molecule is CC(=O)N1C[C@@H](C)c2cc(S(=O)(=O)Nc3c(F)cc(Cl)cc3F)cc(NC(=O)CCCCl)c21. The summed E-state index contributed by atoms with van der Waals surface area (Å²) >= 11 is 11.2. The number of hydrogen-bond donors (Lipinski definition) is 2. The predicted octanol–water partition coefficient (Wildman–Crippen LogP) is 4.85. The number of carbonyl (C=O) groups excluding carboxylic acids is 2. The van der Waals surface area contributed by atoms with Gasteiger partial charge in [0.1, 0.15) is 5.69 Å². The topological polar surface area (TPSA) is 95.6 Å². The van der Waals surface area contributed by atoms with Crippen molar-refractivity contribution in [3.8, 4) is 0 Å². The van der Waals surface area contributed by atoms with Crippen molar-refractivity contribution in [2.24, 2.45) is 0 Å². The first kappa shape index (κ1) is 25.2. The second kappa shape index (κ2) is 9.82. The number of hydrogen-bond acceptors (Lipinski definition) is 4. The van der Waals surface area contributed by atoms with E-state index in [1.807, 2.05) is 4.72 Å². The monoisotopic (exact) mass is 519 g/mol. The fourth-order valence-corrected chi connectivity index (χ4v) is 5.04. The third kappa shape index (κ3) is 5.39. The molecular weight excluding hydrogens is 499 g/mol. The van der Waals surface area contributed by atoms with Gasteiger partial charge in [0.25, 0.3) is 10.0 Å². The van der Waals surface area contributed by atoms with E-state index in [4.69, 9.17) is 23.2 Å². The molecular formula is C21H21Cl2F2N3O4S. The Morgan fingerprint density at radius 3 is 2.39 bits per heavy atom. The van der Waals surface area contributed by atoms with Crippen LogP contribution in [0.5, 0.6) is 0 Å². The van der Waals surface area contributed by atoms with E-state index in [1.54, 1.807) is 6.92 Å². The fraction of sp³-hybridized carbons (Fsp3) is 0.333. The lowest BCUT2D eigenvalue weighted by Gasteiger charge is -2.20. The van der Waals surface area contributed by atoms with Crippen molar-refractivity contribution in [1.29, 1.82) is 0 Å². The Morgan fingerprint density at radius 1 is 1.18 bits per heavy atom. The van der Waals surface area contributed by atoms with E-state index in [0.29, 0.717) is 17.7 Å². The molecule has 0 bridgehead atoms. The van der Waals surface area contributed by atoms with Crippen molar-refractivity contribution < 1.29 is 26.8 Å². The summed E-state index contributed by atoms with van der Waals surface area (Å²) in [6.45, 7) is 3.44. The average molecular weight is 520 g/mol. The lowest BCUT2D eigenvalue weighted by atomic mass is 10.0. The van der Waals surface area contributed by atoms with Gasteiger partial charge in [-0.1, -0.05) is 18.5 Å². The Hall–Kier alpha value is -2.43. The first-order valence-electron chi connectivity index (χ1n) is 9.93. The zero-order chi connectivity index (χ0) is 24.5. The minimum absolute atomic E-state index is 0.0876. The van der Waals surface area contributed by atoms with Gasteiger partial charge in [0.05, 0.1) is 16.3 Å². The third-order valence-corrected chi connectivity index (χ3v) is 6.93. The fourth-order valence-electron chi connectivity index (χ4n) is 3.58. The lowest BCUT2D eigenvalue weighted by Crippen LogP contribution is -2.28. The minimum atomic E-state index is -4.48. The number of nitrogens with one attached hydrogen (secondary N) is 2. The molecule has 1 heterocycles. The highest BCUT2D eigenvalue weighted by atomic mass is 35.5. The van der Waals surface area contributed by atoms with Crippen LogP contribution in [0.4, 0.5) is 25.8 Å². The molecule has 12 heteroatoms. The van der Waals surface area contributed by atoms with Gasteiger partial charge in [-0.3, -0.25) is 14.3 Å². The molecule has 1 aliphatic rings. The molecule has 2 amide bonds. The Morgan fingerprint density at radius 2 is 1.82 bits per heavy atom. The summed E-state index contributed by atoms with van der Waals surface area (Å²) in [6.07, 6.45) is 0.487. The molecule has 3 rings (SSSR count). The number of alkyl halides is 1. The van der Waals surface area contributed by atoms with Crippen LogP contribution in [-0.2, 0) is 19.6 Å². The molecule has 0 saturated heterocycles. The molecule has 1 aliphatic heterocycles. The average Bonchev–Trinajstić information content (AvgIpc) is 3.06. The summed E-state index contributed by atoms with van der Waals surface area (Å²) in [4.78, 5) is 25.6. The molecule has 0 saturated carbocycles. The summed E-state index contributed by atoms with van der Waals surface area (Å²) in [6, 6.07) is 4.03. The van der Waals surface area contributed by atoms with Gasteiger partial charge in [-0.25, -0.2) is 17.2 Å². The first-order chi connectivity index (χ1) is 15.4. The van der Waals surface area contributed by atoms with E-state index >= 15 is 0 Å². The molecule has 0 aromatic heterocycles. The molecule has 0 aliphatic carbocycles. The molecule has 1 atom stereocenters.